The monoisotopic (exact) mass is 380 g/mol. The van der Waals surface area contributed by atoms with Gasteiger partial charge in [-0.1, -0.05) is 23.7 Å². The average molecular weight is 381 g/mol. The number of carbonyl (C=O) groups is 1. The second-order valence-electron chi connectivity index (χ2n) is 5.97. The van der Waals surface area contributed by atoms with Crippen molar-refractivity contribution in [1.29, 1.82) is 0 Å². The van der Waals surface area contributed by atoms with Crippen LogP contribution in [0.3, 0.4) is 0 Å². The summed E-state index contributed by atoms with van der Waals surface area (Å²) in [6.45, 7) is 2.13. The molecule has 1 amide bonds. The van der Waals surface area contributed by atoms with Gasteiger partial charge >= 0.3 is 0 Å². The Kier molecular flexibility index (Phi) is 7.12. The Balaban J connectivity index is 0.00000225. The summed E-state index contributed by atoms with van der Waals surface area (Å²) in [7, 11) is 1.55. The molecule has 6 heteroatoms. The summed E-state index contributed by atoms with van der Waals surface area (Å²) >= 11 is 6.07. The van der Waals surface area contributed by atoms with Crippen molar-refractivity contribution in [2.75, 3.05) is 25.5 Å². The summed E-state index contributed by atoms with van der Waals surface area (Å²) in [5, 5.41) is 6.74. The molecule has 2 N–H and O–H groups in total. The topological polar surface area (TPSA) is 50.4 Å². The molecule has 4 nitrogen and oxygen atoms in total. The molecule has 2 aromatic carbocycles. The Morgan fingerprint density at radius 3 is 2.60 bits per heavy atom. The standard InChI is InChI=1S/C19H21ClN2O2.ClH/c1-24-18-9-6-14(11-17(18)20)19(23)22-16-7-4-13(5-8-16)15-3-2-10-21-12-15;/h4-9,11,15,21H,2-3,10,12H2,1H3,(H,22,23);1H. The van der Waals surface area contributed by atoms with Crippen LogP contribution in [-0.2, 0) is 0 Å². The molecule has 0 spiro atoms. The van der Waals surface area contributed by atoms with Crippen molar-refractivity contribution in [1.82, 2.24) is 5.32 Å². The number of hydrogen-bond donors (Lipinski definition) is 2. The van der Waals surface area contributed by atoms with Crippen LogP contribution in [0.25, 0.3) is 0 Å². The number of methoxy groups -OCH3 is 1. The predicted octanol–water partition coefficient (Wildman–Crippen LogP) is 4.49. The van der Waals surface area contributed by atoms with E-state index in [1.54, 1.807) is 25.3 Å². The second-order valence-corrected chi connectivity index (χ2v) is 6.38. The number of anilines is 1. The van der Waals surface area contributed by atoms with E-state index in [0.29, 0.717) is 22.3 Å². The molecule has 1 saturated heterocycles. The van der Waals surface area contributed by atoms with Gasteiger partial charge in [0, 0.05) is 17.8 Å². The lowest BCUT2D eigenvalue weighted by atomic mass is 9.91. The van der Waals surface area contributed by atoms with Crippen LogP contribution in [0, 0.1) is 0 Å². The molecule has 1 aliphatic rings. The third-order valence-corrected chi connectivity index (χ3v) is 4.65. The van der Waals surface area contributed by atoms with Crippen LogP contribution in [0.5, 0.6) is 5.75 Å². The first-order valence-electron chi connectivity index (χ1n) is 8.13. The van der Waals surface area contributed by atoms with E-state index in [9.17, 15) is 4.79 Å². The van der Waals surface area contributed by atoms with E-state index in [1.807, 2.05) is 12.1 Å². The summed E-state index contributed by atoms with van der Waals surface area (Å²) in [4.78, 5) is 12.3. The zero-order chi connectivity index (χ0) is 16.9. The molecule has 25 heavy (non-hydrogen) atoms. The molecule has 0 aliphatic carbocycles. The summed E-state index contributed by atoms with van der Waals surface area (Å²) in [6, 6.07) is 13.1. The Morgan fingerprint density at radius 1 is 1.24 bits per heavy atom. The van der Waals surface area contributed by atoms with Gasteiger partial charge in [-0.15, -0.1) is 12.4 Å². The zero-order valence-corrected chi connectivity index (χ0v) is 15.6. The summed E-state index contributed by atoms with van der Waals surface area (Å²) in [5.74, 6) is 0.925. The smallest absolute Gasteiger partial charge is 0.255 e. The fraction of sp³-hybridized carbons (Fsp3) is 0.316. The van der Waals surface area contributed by atoms with Gasteiger partial charge in [0.1, 0.15) is 5.75 Å². The highest BCUT2D eigenvalue weighted by molar-refractivity contribution is 6.32. The Morgan fingerprint density at radius 2 is 2.00 bits per heavy atom. The van der Waals surface area contributed by atoms with Gasteiger partial charge in [0.15, 0.2) is 0 Å². The van der Waals surface area contributed by atoms with Crippen LogP contribution in [0.15, 0.2) is 42.5 Å². The number of nitrogens with one attached hydrogen (secondary N) is 2. The molecule has 1 atom stereocenters. The largest absolute Gasteiger partial charge is 0.495 e. The highest BCUT2D eigenvalue weighted by atomic mass is 35.5. The molecule has 1 heterocycles. The van der Waals surface area contributed by atoms with Crippen LogP contribution in [0.4, 0.5) is 5.69 Å². The molecule has 0 saturated carbocycles. The zero-order valence-electron chi connectivity index (χ0n) is 14.0. The Bertz CT molecular complexity index is 714. The lowest BCUT2D eigenvalue weighted by Crippen LogP contribution is -2.28. The van der Waals surface area contributed by atoms with Gasteiger partial charge in [-0.05, 0) is 61.2 Å². The molecular weight excluding hydrogens is 359 g/mol. The van der Waals surface area contributed by atoms with Gasteiger partial charge in [0.25, 0.3) is 5.91 Å². The maximum absolute atomic E-state index is 12.3. The van der Waals surface area contributed by atoms with Gasteiger partial charge in [0.05, 0.1) is 12.1 Å². The second kappa shape index (κ2) is 9.09. The first kappa shape index (κ1) is 19.6. The van der Waals surface area contributed by atoms with Crippen molar-refractivity contribution in [2.45, 2.75) is 18.8 Å². The molecule has 134 valence electrons. The molecule has 0 radical (unpaired) electrons. The molecule has 1 aliphatic heterocycles. The minimum atomic E-state index is -0.188. The number of rotatable bonds is 4. The van der Waals surface area contributed by atoms with Crippen LogP contribution in [0.1, 0.15) is 34.7 Å². The quantitative estimate of drug-likeness (QED) is 0.821. The molecule has 0 aromatic heterocycles. The van der Waals surface area contributed by atoms with Crippen LogP contribution in [-0.4, -0.2) is 26.1 Å². The third-order valence-electron chi connectivity index (χ3n) is 4.35. The SMILES string of the molecule is COc1ccc(C(=O)Nc2ccc(C3CCCNC3)cc2)cc1Cl.Cl. The summed E-state index contributed by atoms with van der Waals surface area (Å²) < 4.78 is 5.10. The van der Waals surface area contributed by atoms with Crippen LogP contribution >= 0.6 is 24.0 Å². The molecule has 3 rings (SSSR count). The van der Waals surface area contributed by atoms with Crippen molar-refractivity contribution in [2.24, 2.45) is 0 Å². The van der Waals surface area contributed by atoms with Gasteiger partial charge < -0.3 is 15.4 Å². The Labute approximate surface area is 159 Å². The normalized spacial score (nSPS) is 16.6. The number of hydrogen-bond acceptors (Lipinski definition) is 3. The molecule has 0 bridgehead atoms. The Hall–Kier alpha value is -1.75. The minimum absolute atomic E-state index is 0. The van der Waals surface area contributed by atoms with Gasteiger partial charge in [-0.2, -0.15) is 0 Å². The number of halogens is 2. The molecular formula is C19H22Cl2N2O2. The maximum Gasteiger partial charge on any atom is 0.255 e. The van der Waals surface area contributed by atoms with E-state index in [1.165, 1.54) is 18.4 Å². The van der Waals surface area contributed by atoms with Gasteiger partial charge in [-0.3, -0.25) is 4.79 Å². The van der Waals surface area contributed by atoms with E-state index >= 15 is 0 Å². The van der Waals surface area contributed by atoms with Crippen molar-refractivity contribution < 1.29 is 9.53 Å². The van der Waals surface area contributed by atoms with E-state index < -0.39 is 0 Å². The van der Waals surface area contributed by atoms with Crippen molar-refractivity contribution >= 4 is 35.6 Å². The minimum Gasteiger partial charge on any atom is -0.495 e. The van der Waals surface area contributed by atoms with Gasteiger partial charge in [-0.25, -0.2) is 0 Å². The van der Waals surface area contributed by atoms with Crippen LogP contribution < -0.4 is 15.4 Å². The van der Waals surface area contributed by atoms with E-state index in [2.05, 4.69) is 22.8 Å². The average Bonchev–Trinajstić information content (AvgIpc) is 2.63. The van der Waals surface area contributed by atoms with Crippen LogP contribution in [0.2, 0.25) is 5.02 Å². The fourth-order valence-electron chi connectivity index (χ4n) is 2.99. The highest BCUT2D eigenvalue weighted by Crippen LogP contribution is 2.26. The molecule has 1 fully saturated rings. The first-order chi connectivity index (χ1) is 11.7. The predicted molar refractivity (Wildman–Crippen MR) is 104 cm³/mol. The number of benzene rings is 2. The first-order valence-corrected chi connectivity index (χ1v) is 8.51. The van der Waals surface area contributed by atoms with Gasteiger partial charge in [0.2, 0.25) is 0 Å². The van der Waals surface area contributed by atoms with E-state index in [0.717, 1.165) is 18.8 Å². The molecule has 2 aromatic rings. The highest BCUT2D eigenvalue weighted by Gasteiger charge is 2.15. The lowest BCUT2D eigenvalue weighted by Gasteiger charge is -2.23. The molecule has 1 unspecified atom stereocenters. The van der Waals surface area contributed by atoms with Crippen molar-refractivity contribution in [3.8, 4) is 5.75 Å². The lowest BCUT2D eigenvalue weighted by molar-refractivity contribution is 0.102. The van der Waals surface area contributed by atoms with Crippen molar-refractivity contribution in [3.05, 3.63) is 58.6 Å². The van der Waals surface area contributed by atoms with Crippen molar-refractivity contribution in [3.63, 3.8) is 0 Å². The number of amides is 1. The van der Waals surface area contributed by atoms with E-state index in [-0.39, 0.29) is 18.3 Å². The number of ether oxygens (including phenoxy) is 1. The summed E-state index contributed by atoms with van der Waals surface area (Å²) in [5.41, 5.74) is 2.59. The fourth-order valence-corrected chi connectivity index (χ4v) is 3.24. The number of carbonyl (C=O) groups excluding carboxylic acids is 1. The van der Waals surface area contributed by atoms with E-state index in [4.69, 9.17) is 16.3 Å². The number of piperidine rings is 1. The summed E-state index contributed by atoms with van der Waals surface area (Å²) in [6.07, 6.45) is 2.42. The maximum atomic E-state index is 12.3. The third kappa shape index (κ3) is 4.88.